The van der Waals surface area contributed by atoms with Crippen LogP contribution in [0.5, 0.6) is 0 Å². The molecule has 0 amide bonds. The minimum absolute atomic E-state index is 0.141. The third-order valence-corrected chi connectivity index (χ3v) is 5.49. The average molecular weight is 415 g/mol. The van der Waals surface area contributed by atoms with E-state index < -0.39 is 0 Å². The number of hydrogen-bond acceptors (Lipinski definition) is 6. The molecule has 0 spiro atoms. The van der Waals surface area contributed by atoms with E-state index in [4.69, 9.17) is 21.3 Å². The van der Waals surface area contributed by atoms with Crippen molar-refractivity contribution in [1.82, 2.24) is 20.0 Å². The summed E-state index contributed by atoms with van der Waals surface area (Å²) in [6.45, 7) is 7.60. The van der Waals surface area contributed by atoms with Crippen LogP contribution in [0.15, 0.2) is 41.5 Å². The number of aromatic nitrogens is 2. The summed E-state index contributed by atoms with van der Waals surface area (Å²) in [5.74, 6) is 1.94. The van der Waals surface area contributed by atoms with E-state index in [0.29, 0.717) is 0 Å². The number of aryl methyl sites for hydroxylation is 1. The molecule has 29 heavy (non-hydrogen) atoms. The van der Waals surface area contributed by atoms with Crippen LogP contribution >= 0.6 is 11.6 Å². The molecule has 1 unspecified atom stereocenters. The Kier molecular flexibility index (Phi) is 6.18. The first-order chi connectivity index (χ1) is 14.1. The molecule has 2 aromatic rings. The van der Waals surface area contributed by atoms with Crippen LogP contribution in [0.25, 0.3) is 5.70 Å². The predicted molar refractivity (Wildman–Crippen MR) is 118 cm³/mol. The van der Waals surface area contributed by atoms with Gasteiger partial charge in [-0.15, -0.1) is 0 Å². The molecule has 8 heteroatoms. The Morgan fingerprint density at radius 1 is 1.21 bits per heavy atom. The number of benzene rings is 1. The molecule has 1 fully saturated rings. The van der Waals surface area contributed by atoms with Gasteiger partial charge < -0.3 is 15.4 Å². The first-order valence-electron chi connectivity index (χ1n) is 9.99. The summed E-state index contributed by atoms with van der Waals surface area (Å²) in [5.41, 5.74) is 2.96. The van der Waals surface area contributed by atoms with Crippen LogP contribution in [0.2, 0.25) is 5.02 Å². The number of anilines is 1. The molecule has 2 aliphatic rings. The van der Waals surface area contributed by atoms with Crippen molar-refractivity contribution in [2.75, 3.05) is 44.7 Å². The number of morpholine rings is 1. The van der Waals surface area contributed by atoms with Crippen LogP contribution in [0, 0.1) is 5.92 Å². The van der Waals surface area contributed by atoms with Gasteiger partial charge in [0, 0.05) is 55.6 Å². The van der Waals surface area contributed by atoms with Gasteiger partial charge in [-0.2, -0.15) is 5.10 Å². The number of halogens is 1. The number of ether oxygens (including phenoxy) is 1. The van der Waals surface area contributed by atoms with Crippen molar-refractivity contribution in [3.8, 4) is 0 Å². The van der Waals surface area contributed by atoms with Gasteiger partial charge in [-0.1, -0.05) is 18.5 Å². The lowest BCUT2D eigenvalue weighted by Gasteiger charge is -2.27. The van der Waals surface area contributed by atoms with Crippen molar-refractivity contribution in [2.24, 2.45) is 18.0 Å². The average Bonchev–Trinajstić information content (AvgIpc) is 3.03. The van der Waals surface area contributed by atoms with Crippen molar-refractivity contribution in [3.63, 3.8) is 0 Å². The molecule has 0 bridgehead atoms. The zero-order chi connectivity index (χ0) is 20.2. The molecule has 1 aromatic carbocycles. The maximum Gasteiger partial charge on any atom is 0.161 e. The number of hydrogen-bond donors (Lipinski definition) is 2. The number of nitrogens with zero attached hydrogens (tertiary/aromatic N) is 4. The van der Waals surface area contributed by atoms with Crippen molar-refractivity contribution >= 4 is 34.6 Å². The summed E-state index contributed by atoms with van der Waals surface area (Å²) in [6, 6.07) is 7.70. The smallest absolute Gasteiger partial charge is 0.161 e. The Morgan fingerprint density at radius 2 is 1.97 bits per heavy atom. The van der Waals surface area contributed by atoms with Gasteiger partial charge in [0.15, 0.2) is 5.82 Å². The maximum atomic E-state index is 6.02. The predicted octanol–water partition coefficient (Wildman–Crippen LogP) is 3.13. The van der Waals surface area contributed by atoms with Crippen LogP contribution in [0.4, 0.5) is 11.5 Å². The second-order valence-corrected chi connectivity index (χ2v) is 7.82. The van der Waals surface area contributed by atoms with Gasteiger partial charge in [0.1, 0.15) is 5.84 Å². The highest BCUT2D eigenvalue weighted by atomic mass is 35.5. The molecule has 0 radical (unpaired) electrons. The second kappa shape index (κ2) is 8.98. The highest BCUT2D eigenvalue weighted by Crippen LogP contribution is 2.31. The third kappa shape index (κ3) is 4.80. The van der Waals surface area contributed by atoms with E-state index in [1.807, 2.05) is 42.2 Å². The third-order valence-electron chi connectivity index (χ3n) is 5.23. The lowest BCUT2D eigenvalue weighted by Crippen LogP contribution is -2.42. The molecule has 0 aliphatic carbocycles. The summed E-state index contributed by atoms with van der Waals surface area (Å²) in [5, 5.41) is 12.2. The molecule has 7 nitrogen and oxygen atoms in total. The Morgan fingerprint density at radius 3 is 2.72 bits per heavy atom. The summed E-state index contributed by atoms with van der Waals surface area (Å²) in [6.07, 6.45) is 4.06. The maximum absolute atomic E-state index is 6.02. The van der Waals surface area contributed by atoms with Gasteiger partial charge in [0.2, 0.25) is 0 Å². The van der Waals surface area contributed by atoms with Gasteiger partial charge in [-0.25, -0.2) is 4.99 Å². The van der Waals surface area contributed by atoms with Gasteiger partial charge >= 0.3 is 0 Å². The van der Waals surface area contributed by atoms with Crippen LogP contribution in [0.3, 0.4) is 0 Å². The molecule has 154 valence electrons. The van der Waals surface area contributed by atoms with E-state index in [0.717, 1.165) is 73.0 Å². The Hall–Kier alpha value is -2.35. The zero-order valence-electron chi connectivity index (χ0n) is 16.9. The number of amidine groups is 1. The Labute approximate surface area is 176 Å². The molecule has 1 saturated heterocycles. The zero-order valence-corrected chi connectivity index (χ0v) is 17.6. The number of rotatable bonds is 5. The molecule has 1 atom stereocenters. The fraction of sp³-hybridized carbons (Fsp3) is 0.429. The number of fused-ring (bicyclic) bond motifs is 1. The summed E-state index contributed by atoms with van der Waals surface area (Å²) in [4.78, 5) is 7.33. The first-order valence-corrected chi connectivity index (χ1v) is 10.4. The van der Waals surface area contributed by atoms with E-state index in [2.05, 4.69) is 33.6 Å². The lowest BCUT2D eigenvalue weighted by molar-refractivity contribution is 0.0389. The summed E-state index contributed by atoms with van der Waals surface area (Å²) in [7, 11) is 1.92. The van der Waals surface area contributed by atoms with Gasteiger partial charge in [0.05, 0.1) is 25.0 Å². The fourth-order valence-corrected chi connectivity index (χ4v) is 3.68. The van der Waals surface area contributed by atoms with Crippen LogP contribution in [-0.2, 0) is 11.8 Å². The SMILES string of the molecule is CC1C=C(Nc2ccc(Cl)cc2)c2cnn(C)c2N=C1NCCN1CCOCC1. The normalized spacial score (nSPS) is 19.8. The summed E-state index contributed by atoms with van der Waals surface area (Å²) < 4.78 is 7.24. The Balaban J connectivity index is 1.51. The number of aliphatic imine (C=N–C) groups is 1. The topological polar surface area (TPSA) is 66.7 Å². The van der Waals surface area contributed by atoms with E-state index in [1.54, 1.807) is 0 Å². The molecule has 2 N–H and O–H groups in total. The fourth-order valence-electron chi connectivity index (χ4n) is 3.55. The van der Waals surface area contributed by atoms with Gasteiger partial charge in [0.25, 0.3) is 0 Å². The van der Waals surface area contributed by atoms with Crippen LogP contribution in [0.1, 0.15) is 12.5 Å². The number of nitrogens with one attached hydrogen (secondary N) is 2. The van der Waals surface area contributed by atoms with Crippen molar-refractivity contribution in [1.29, 1.82) is 0 Å². The quantitative estimate of drug-likeness (QED) is 0.786. The van der Waals surface area contributed by atoms with E-state index in [9.17, 15) is 0 Å². The summed E-state index contributed by atoms with van der Waals surface area (Å²) >= 11 is 6.02. The van der Waals surface area contributed by atoms with E-state index >= 15 is 0 Å². The lowest BCUT2D eigenvalue weighted by atomic mass is 10.1. The Bertz CT molecular complexity index is 898. The molecule has 0 saturated carbocycles. The standard InChI is InChI=1S/C21H27ClN6O/c1-15-13-19(25-17-5-3-16(22)4-6-17)18-14-24-27(2)21(18)26-20(15)23-7-8-28-9-11-29-12-10-28/h3-6,13-15,25H,7-12H2,1-2H3,(H,23,26). The molecule has 4 rings (SSSR count). The highest BCUT2D eigenvalue weighted by Gasteiger charge is 2.21. The van der Waals surface area contributed by atoms with Crippen molar-refractivity contribution in [3.05, 3.63) is 47.1 Å². The van der Waals surface area contributed by atoms with Gasteiger partial charge in [-0.3, -0.25) is 9.58 Å². The molecular weight excluding hydrogens is 388 g/mol. The monoisotopic (exact) mass is 414 g/mol. The van der Waals surface area contributed by atoms with Crippen molar-refractivity contribution in [2.45, 2.75) is 6.92 Å². The van der Waals surface area contributed by atoms with Crippen LogP contribution in [-0.4, -0.2) is 59.9 Å². The van der Waals surface area contributed by atoms with E-state index in [1.165, 1.54) is 0 Å². The second-order valence-electron chi connectivity index (χ2n) is 7.38. The van der Waals surface area contributed by atoms with Crippen molar-refractivity contribution < 1.29 is 4.74 Å². The van der Waals surface area contributed by atoms with E-state index in [-0.39, 0.29) is 5.92 Å². The largest absolute Gasteiger partial charge is 0.379 e. The highest BCUT2D eigenvalue weighted by molar-refractivity contribution is 6.30. The van der Waals surface area contributed by atoms with Gasteiger partial charge in [-0.05, 0) is 30.3 Å². The first kappa shape index (κ1) is 19.9. The minimum Gasteiger partial charge on any atom is -0.379 e. The van der Waals surface area contributed by atoms with Crippen LogP contribution < -0.4 is 10.6 Å². The molecule has 1 aromatic heterocycles. The minimum atomic E-state index is 0.141. The molecule has 2 aliphatic heterocycles. The molecule has 3 heterocycles. The molecular formula is C21H27ClN6O.